The van der Waals surface area contributed by atoms with Crippen molar-refractivity contribution in [2.75, 3.05) is 0 Å². The Balaban J connectivity index is 2.11. The lowest BCUT2D eigenvalue weighted by molar-refractivity contribution is 0.643. The van der Waals surface area contributed by atoms with Crippen LogP contribution >= 0.6 is 11.3 Å². The van der Waals surface area contributed by atoms with Crippen molar-refractivity contribution in [3.05, 3.63) is 70.1 Å². The maximum atomic E-state index is 5.83. The van der Waals surface area contributed by atoms with Gasteiger partial charge in [-0.1, -0.05) is 36.4 Å². The molecule has 20 heavy (non-hydrogen) atoms. The second kappa shape index (κ2) is 5.37. The van der Waals surface area contributed by atoms with Crippen molar-refractivity contribution in [1.29, 1.82) is 0 Å². The lowest BCUT2D eigenvalue weighted by Crippen LogP contribution is -2.28. The molecule has 1 aromatic heterocycles. The van der Waals surface area contributed by atoms with Gasteiger partial charge in [0, 0.05) is 9.58 Å². The molecule has 102 valence electrons. The molecule has 0 aliphatic carbocycles. The van der Waals surface area contributed by atoms with Crippen LogP contribution in [0.4, 0.5) is 0 Å². The number of fused-ring (bicyclic) bond motifs is 1. The van der Waals surface area contributed by atoms with Gasteiger partial charge < -0.3 is 0 Å². The fourth-order valence-electron chi connectivity index (χ4n) is 2.56. The summed E-state index contributed by atoms with van der Waals surface area (Å²) in [6, 6.07) is 17.1. The first kappa shape index (κ1) is 13.3. The molecular formula is C17H18N2S. The molecule has 2 nitrogen and oxygen atoms in total. The highest BCUT2D eigenvalue weighted by molar-refractivity contribution is 7.19. The second-order valence-electron chi connectivity index (χ2n) is 5.08. The first-order valence-electron chi connectivity index (χ1n) is 6.71. The highest BCUT2D eigenvalue weighted by atomic mass is 32.1. The van der Waals surface area contributed by atoms with Crippen molar-refractivity contribution in [3.8, 4) is 0 Å². The van der Waals surface area contributed by atoms with Crippen LogP contribution in [0.25, 0.3) is 10.1 Å². The minimum atomic E-state index is 0.0484. The van der Waals surface area contributed by atoms with Crippen molar-refractivity contribution in [3.63, 3.8) is 0 Å². The zero-order valence-corrected chi connectivity index (χ0v) is 12.5. The summed E-state index contributed by atoms with van der Waals surface area (Å²) in [5.41, 5.74) is 6.82. The maximum Gasteiger partial charge on any atom is 0.0805 e. The van der Waals surface area contributed by atoms with E-state index in [1.54, 1.807) is 11.3 Å². The SMILES string of the molecule is Cc1cccc(C(NN)c2cc3ccccc3s2)c1C. The number of thiophene rings is 1. The summed E-state index contributed by atoms with van der Waals surface area (Å²) in [5.74, 6) is 5.83. The Morgan fingerprint density at radius 3 is 2.60 bits per heavy atom. The van der Waals surface area contributed by atoms with E-state index in [0.717, 1.165) is 0 Å². The van der Waals surface area contributed by atoms with Gasteiger partial charge in [-0.2, -0.15) is 0 Å². The molecule has 0 saturated heterocycles. The molecule has 0 radical (unpaired) electrons. The number of rotatable bonds is 3. The van der Waals surface area contributed by atoms with E-state index in [1.807, 2.05) is 0 Å². The first-order valence-corrected chi connectivity index (χ1v) is 7.53. The Hall–Kier alpha value is -1.68. The number of aryl methyl sites for hydroxylation is 1. The monoisotopic (exact) mass is 282 g/mol. The minimum absolute atomic E-state index is 0.0484. The number of hydrogen-bond acceptors (Lipinski definition) is 3. The Morgan fingerprint density at radius 2 is 1.85 bits per heavy atom. The molecule has 3 heteroatoms. The van der Waals surface area contributed by atoms with Gasteiger partial charge in [-0.3, -0.25) is 5.84 Å². The van der Waals surface area contributed by atoms with Gasteiger partial charge in [0.05, 0.1) is 6.04 Å². The Morgan fingerprint density at radius 1 is 1.05 bits per heavy atom. The van der Waals surface area contributed by atoms with Gasteiger partial charge in [0.15, 0.2) is 0 Å². The van der Waals surface area contributed by atoms with Crippen molar-refractivity contribution >= 4 is 21.4 Å². The Bertz CT molecular complexity index is 713. The predicted molar refractivity (Wildman–Crippen MR) is 86.9 cm³/mol. The lowest BCUT2D eigenvalue weighted by atomic mass is 9.97. The number of benzene rings is 2. The van der Waals surface area contributed by atoms with Crippen LogP contribution < -0.4 is 11.3 Å². The van der Waals surface area contributed by atoms with Crippen molar-refractivity contribution in [2.24, 2.45) is 5.84 Å². The quantitative estimate of drug-likeness (QED) is 0.561. The van der Waals surface area contributed by atoms with E-state index in [0.29, 0.717) is 0 Å². The molecule has 3 N–H and O–H groups in total. The molecule has 0 aliphatic rings. The van der Waals surface area contributed by atoms with Gasteiger partial charge >= 0.3 is 0 Å². The number of nitrogens with two attached hydrogens (primary N) is 1. The second-order valence-corrected chi connectivity index (χ2v) is 6.19. The molecule has 1 heterocycles. The van der Waals surface area contributed by atoms with E-state index in [-0.39, 0.29) is 6.04 Å². The standard InChI is InChI=1S/C17H18N2S/c1-11-6-5-8-14(12(11)2)17(19-18)16-10-13-7-3-4-9-15(13)20-16/h3-10,17,19H,18H2,1-2H3. The largest absolute Gasteiger partial charge is 0.271 e. The molecule has 1 atom stereocenters. The minimum Gasteiger partial charge on any atom is -0.271 e. The molecule has 0 bridgehead atoms. The number of hydrazine groups is 1. The van der Waals surface area contributed by atoms with E-state index in [4.69, 9.17) is 5.84 Å². The van der Waals surface area contributed by atoms with Gasteiger partial charge in [0.1, 0.15) is 0 Å². The van der Waals surface area contributed by atoms with Crippen molar-refractivity contribution < 1.29 is 0 Å². The first-order chi connectivity index (χ1) is 9.70. The molecular weight excluding hydrogens is 264 g/mol. The molecule has 0 spiro atoms. The number of hydrogen-bond donors (Lipinski definition) is 2. The van der Waals surface area contributed by atoms with E-state index < -0.39 is 0 Å². The van der Waals surface area contributed by atoms with Crippen LogP contribution in [0.3, 0.4) is 0 Å². The summed E-state index contributed by atoms with van der Waals surface area (Å²) >= 11 is 1.80. The third-order valence-corrected chi connectivity index (χ3v) is 5.03. The van der Waals surface area contributed by atoms with Crippen LogP contribution in [-0.2, 0) is 0 Å². The summed E-state index contributed by atoms with van der Waals surface area (Å²) in [7, 11) is 0. The van der Waals surface area contributed by atoms with Crippen LogP contribution in [0, 0.1) is 13.8 Å². The van der Waals surface area contributed by atoms with Gasteiger partial charge in [-0.15, -0.1) is 11.3 Å². The Labute approximate surface area is 123 Å². The van der Waals surface area contributed by atoms with Crippen LogP contribution in [-0.4, -0.2) is 0 Å². The third-order valence-electron chi connectivity index (χ3n) is 3.85. The highest BCUT2D eigenvalue weighted by Crippen LogP contribution is 2.34. The molecule has 3 rings (SSSR count). The maximum absolute atomic E-state index is 5.83. The van der Waals surface area contributed by atoms with Gasteiger partial charge in [-0.05, 0) is 48.1 Å². The summed E-state index contributed by atoms with van der Waals surface area (Å²) in [6.07, 6.45) is 0. The average molecular weight is 282 g/mol. The van der Waals surface area contributed by atoms with Crippen LogP contribution in [0.2, 0.25) is 0 Å². The highest BCUT2D eigenvalue weighted by Gasteiger charge is 2.17. The summed E-state index contributed by atoms with van der Waals surface area (Å²) < 4.78 is 1.30. The smallest absolute Gasteiger partial charge is 0.0805 e. The molecule has 3 aromatic rings. The van der Waals surface area contributed by atoms with Gasteiger partial charge in [0.2, 0.25) is 0 Å². The lowest BCUT2D eigenvalue weighted by Gasteiger charge is -2.18. The molecule has 0 fully saturated rings. The predicted octanol–water partition coefficient (Wildman–Crippen LogP) is 4.07. The molecule has 2 aromatic carbocycles. The van der Waals surface area contributed by atoms with Crippen LogP contribution in [0.5, 0.6) is 0 Å². The summed E-state index contributed by atoms with van der Waals surface area (Å²) in [6.45, 7) is 4.29. The average Bonchev–Trinajstić information content (AvgIpc) is 2.87. The van der Waals surface area contributed by atoms with Crippen molar-refractivity contribution in [2.45, 2.75) is 19.9 Å². The fourth-order valence-corrected chi connectivity index (χ4v) is 3.70. The van der Waals surface area contributed by atoms with Gasteiger partial charge in [-0.25, -0.2) is 5.43 Å². The van der Waals surface area contributed by atoms with E-state index >= 15 is 0 Å². The van der Waals surface area contributed by atoms with E-state index in [2.05, 4.69) is 67.8 Å². The molecule has 1 unspecified atom stereocenters. The van der Waals surface area contributed by atoms with Crippen LogP contribution in [0.15, 0.2) is 48.5 Å². The van der Waals surface area contributed by atoms with E-state index in [1.165, 1.54) is 31.7 Å². The topological polar surface area (TPSA) is 38.0 Å². The molecule has 0 amide bonds. The molecule has 0 saturated carbocycles. The summed E-state index contributed by atoms with van der Waals surface area (Å²) in [4.78, 5) is 1.25. The third kappa shape index (κ3) is 2.24. The normalized spacial score (nSPS) is 12.8. The van der Waals surface area contributed by atoms with Crippen molar-refractivity contribution in [1.82, 2.24) is 5.43 Å². The van der Waals surface area contributed by atoms with Gasteiger partial charge in [0.25, 0.3) is 0 Å². The zero-order valence-electron chi connectivity index (χ0n) is 11.7. The van der Waals surface area contributed by atoms with Crippen LogP contribution in [0.1, 0.15) is 27.6 Å². The number of nitrogens with one attached hydrogen (secondary N) is 1. The molecule has 0 aliphatic heterocycles. The fraction of sp³-hybridized carbons (Fsp3) is 0.176. The van der Waals surface area contributed by atoms with E-state index in [9.17, 15) is 0 Å². The summed E-state index contributed by atoms with van der Waals surface area (Å²) in [5, 5.41) is 1.28. The zero-order chi connectivity index (χ0) is 14.1. The Kier molecular flexibility index (Phi) is 3.57.